The number of nitrogens with one attached hydrogen (secondary N) is 1. The third-order valence-electron chi connectivity index (χ3n) is 1.42. The van der Waals surface area contributed by atoms with Crippen LogP contribution in [0, 0.1) is 5.41 Å². The number of methoxy groups -OCH3 is 2. The van der Waals surface area contributed by atoms with Crippen molar-refractivity contribution in [1.82, 2.24) is 4.98 Å². The predicted molar refractivity (Wildman–Crippen MR) is 45.2 cm³/mol. The number of pyridine rings is 1. The van der Waals surface area contributed by atoms with Crippen molar-refractivity contribution < 1.29 is 9.47 Å². The van der Waals surface area contributed by atoms with Gasteiger partial charge in [0.15, 0.2) is 5.75 Å². The van der Waals surface area contributed by atoms with E-state index in [1.54, 1.807) is 12.3 Å². The Bertz CT molecular complexity index is 286. The SMILES string of the molecule is COc1cc(C=N)cnc1OC. The van der Waals surface area contributed by atoms with Crippen LogP contribution in [0.3, 0.4) is 0 Å². The smallest absolute Gasteiger partial charge is 0.256 e. The molecule has 1 heterocycles. The van der Waals surface area contributed by atoms with Gasteiger partial charge in [-0.3, -0.25) is 0 Å². The maximum Gasteiger partial charge on any atom is 0.256 e. The van der Waals surface area contributed by atoms with E-state index in [4.69, 9.17) is 14.9 Å². The second-order valence-corrected chi connectivity index (χ2v) is 2.12. The van der Waals surface area contributed by atoms with E-state index in [0.29, 0.717) is 17.2 Å². The fourth-order valence-electron chi connectivity index (χ4n) is 0.826. The summed E-state index contributed by atoms with van der Waals surface area (Å²) < 4.78 is 9.91. The first-order valence-corrected chi connectivity index (χ1v) is 3.40. The molecule has 1 rings (SSSR count). The fourth-order valence-corrected chi connectivity index (χ4v) is 0.826. The third-order valence-corrected chi connectivity index (χ3v) is 1.42. The van der Waals surface area contributed by atoms with Crippen LogP contribution in [-0.4, -0.2) is 25.4 Å². The van der Waals surface area contributed by atoms with Gasteiger partial charge >= 0.3 is 0 Å². The largest absolute Gasteiger partial charge is 0.491 e. The van der Waals surface area contributed by atoms with Crippen molar-refractivity contribution in [3.8, 4) is 11.6 Å². The molecular weight excluding hydrogens is 156 g/mol. The number of nitrogens with zero attached hydrogens (tertiary/aromatic N) is 1. The third kappa shape index (κ3) is 1.53. The molecule has 12 heavy (non-hydrogen) atoms. The van der Waals surface area contributed by atoms with E-state index in [9.17, 15) is 0 Å². The summed E-state index contributed by atoms with van der Waals surface area (Å²) in [5, 5.41) is 6.98. The van der Waals surface area contributed by atoms with Crippen LogP contribution in [0.4, 0.5) is 0 Å². The molecule has 0 saturated carbocycles. The lowest BCUT2D eigenvalue weighted by Crippen LogP contribution is -1.94. The van der Waals surface area contributed by atoms with E-state index in [2.05, 4.69) is 4.98 Å². The van der Waals surface area contributed by atoms with Crippen LogP contribution >= 0.6 is 0 Å². The van der Waals surface area contributed by atoms with E-state index < -0.39 is 0 Å². The van der Waals surface area contributed by atoms with Crippen molar-refractivity contribution in [3.05, 3.63) is 17.8 Å². The molecule has 0 aliphatic rings. The van der Waals surface area contributed by atoms with Gasteiger partial charge in [0.1, 0.15) is 0 Å². The topological polar surface area (TPSA) is 55.2 Å². The van der Waals surface area contributed by atoms with Crippen molar-refractivity contribution in [2.75, 3.05) is 14.2 Å². The molecule has 0 atom stereocenters. The van der Waals surface area contributed by atoms with Crippen molar-refractivity contribution in [1.29, 1.82) is 5.41 Å². The Balaban J connectivity index is 3.10. The Morgan fingerprint density at radius 3 is 2.67 bits per heavy atom. The Kier molecular flexibility index (Phi) is 2.63. The Morgan fingerprint density at radius 1 is 1.42 bits per heavy atom. The van der Waals surface area contributed by atoms with E-state index in [0.717, 1.165) is 0 Å². The zero-order chi connectivity index (χ0) is 8.97. The van der Waals surface area contributed by atoms with Crippen molar-refractivity contribution in [2.24, 2.45) is 0 Å². The first-order valence-electron chi connectivity index (χ1n) is 3.40. The fraction of sp³-hybridized carbons (Fsp3) is 0.250. The maximum atomic E-state index is 6.98. The van der Waals surface area contributed by atoms with Crippen LogP contribution < -0.4 is 9.47 Å². The highest BCUT2D eigenvalue weighted by Crippen LogP contribution is 2.23. The molecule has 4 heteroatoms. The Labute approximate surface area is 70.7 Å². The van der Waals surface area contributed by atoms with Crippen LogP contribution in [0.5, 0.6) is 11.6 Å². The van der Waals surface area contributed by atoms with Gasteiger partial charge < -0.3 is 14.9 Å². The van der Waals surface area contributed by atoms with Gasteiger partial charge in [0, 0.05) is 18.0 Å². The highest BCUT2D eigenvalue weighted by atomic mass is 16.5. The van der Waals surface area contributed by atoms with Crippen LogP contribution in [0.2, 0.25) is 0 Å². The molecule has 0 amide bonds. The highest BCUT2D eigenvalue weighted by Gasteiger charge is 2.03. The molecule has 1 N–H and O–H groups in total. The lowest BCUT2D eigenvalue weighted by Gasteiger charge is -2.05. The van der Waals surface area contributed by atoms with Crippen LogP contribution in [0.15, 0.2) is 12.3 Å². The number of rotatable bonds is 3. The van der Waals surface area contributed by atoms with Crippen molar-refractivity contribution in [3.63, 3.8) is 0 Å². The quantitative estimate of drug-likeness (QED) is 0.684. The molecule has 64 valence electrons. The molecule has 1 aromatic heterocycles. The minimum absolute atomic E-state index is 0.433. The second-order valence-electron chi connectivity index (χ2n) is 2.12. The van der Waals surface area contributed by atoms with Crippen molar-refractivity contribution in [2.45, 2.75) is 0 Å². The summed E-state index contributed by atoms with van der Waals surface area (Å²) in [7, 11) is 3.06. The minimum atomic E-state index is 0.433. The Morgan fingerprint density at radius 2 is 2.17 bits per heavy atom. The van der Waals surface area contributed by atoms with E-state index >= 15 is 0 Å². The minimum Gasteiger partial charge on any atom is -0.491 e. The zero-order valence-corrected chi connectivity index (χ0v) is 7.00. The molecule has 0 unspecified atom stereocenters. The lowest BCUT2D eigenvalue weighted by molar-refractivity contribution is 0.343. The van der Waals surface area contributed by atoms with Gasteiger partial charge in [-0.2, -0.15) is 0 Å². The standard InChI is InChI=1S/C8H10N2O2/c1-11-7-3-6(4-9)5-10-8(7)12-2/h3-5,9H,1-2H3. The summed E-state index contributed by atoms with van der Waals surface area (Å²) in [4.78, 5) is 3.94. The molecule has 0 saturated heterocycles. The molecule has 0 radical (unpaired) electrons. The lowest BCUT2D eigenvalue weighted by atomic mass is 10.3. The summed E-state index contributed by atoms with van der Waals surface area (Å²) in [5.74, 6) is 0.974. The number of hydrogen-bond acceptors (Lipinski definition) is 4. The maximum absolute atomic E-state index is 6.98. The van der Waals surface area contributed by atoms with Gasteiger partial charge in [0.05, 0.1) is 14.2 Å². The summed E-state index contributed by atoms with van der Waals surface area (Å²) in [6, 6.07) is 1.69. The second kappa shape index (κ2) is 3.71. The van der Waals surface area contributed by atoms with Gasteiger partial charge in [-0.1, -0.05) is 0 Å². The predicted octanol–water partition coefficient (Wildman–Crippen LogP) is 1.10. The van der Waals surface area contributed by atoms with E-state index in [1.807, 2.05) is 0 Å². The Hall–Kier alpha value is -1.58. The number of aromatic nitrogens is 1. The molecule has 0 aliphatic carbocycles. The molecule has 0 spiro atoms. The van der Waals surface area contributed by atoms with Crippen molar-refractivity contribution >= 4 is 6.21 Å². The summed E-state index contributed by atoms with van der Waals surface area (Å²) >= 11 is 0. The molecule has 1 aromatic rings. The van der Waals surface area contributed by atoms with Crippen LogP contribution in [-0.2, 0) is 0 Å². The van der Waals surface area contributed by atoms with Crippen LogP contribution in [0.1, 0.15) is 5.56 Å². The molecule has 0 aliphatic heterocycles. The molecule has 0 fully saturated rings. The van der Waals surface area contributed by atoms with Gasteiger partial charge in [-0.25, -0.2) is 4.98 Å². The first-order chi connectivity index (χ1) is 5.81. The average Bonchev–Trinajstić information content (AvgIpc) is 2.16. The normalized spacial score (nSPS) is 9.17. The highest BCUT2D eigenvalue weighted by molar-refractivity contribution is 5.77. The molecule has 0 bridgehead atoms. The van der Waals surface area contributed by atoms with Gasteiger partial charge in [0.2, 0.25) is 0 Å². The van der Waals surface area contributed by atoms with E-state index in [-0.39, 0.29) is 0 Å². The zero-order valence-electron chi connectivity index (χ0n) is 7.00. The summed E-state index contributed by atoms with van der Waals surface area (Å²) in [6.45, 7) is 0. The number of hydrogen-bond donors (Lipinski definition) is 1. The van der Waals surface area contributed by atoms with Crippen LogP contribution in [0.25, 0.3) is 0 Å². The van der Waals surface area contributed by atoms with E-state index in [1.165, 1.54) is 20.4 Å². The summed E-state index contributed by atoms with van der Waals surface area (Å²) in [5.41, 5.74) is 0.688. The number of ether oxygens (including phenoxy) is 2. The molecular formula is C8H10N2O2. The van der Waals surface area contributed by atoms with Gasteiger partial charge in [0.25, 0.3) is 5.88 Å². The summed E-state index contributed by atoms with van der Waals surface area (Å²) in [6.07, 6.45) is 2.75. The van der Waals surface area contributed by atoms with Gasteiger partial charge in [-0.15, -0.1) is 0 Å². The van der Waals surface area contributed by atoms with Gasteiger partial charge in [-0.05, 0) is 6.07 Å². The first kappa shape index (κ1) is 8.52. The molecule has 4 nitrogen and oxygen atoms in total. The molecule has 0 aromatic carbocycles. The average molecular weight is 166 g/mol. The monoisotopic (exact) mass is 166 g/mol.